The lowest BCUT2D eigenvalue weighted by Gasteiger charge is -2.37. The van der Waals surface area contributed by atoms with Crippen LogP contribution in [-0.4, -0.2) is 54.8 Å². The zero-order valence-corrected chi connectivity index (χ0v) is 22.4. The Kier molecular flexibility index (Phi) is 8.19. The van der Waals surface area contributed by atoms with E-state index in [1.807, 2.05) is 31.2 Å². The minimum Gasteiger partial charge on any atom is -0.371 e. The molecule has 0 bridgehead atoms. The summed E-state index contributed by atoms with van der Waals surface area (Å²) in [6.07, 6.45) is 2.47. The minimum atomic E-state index is -4.14. The fourth-order valence-electron chi connectivity index (χ4n) is 6.54. The van der Waals surface area contributed by atoms with Gasteiger partial charge in [0.15, 0.2) is 0 Å². The summed E-state index contributed by atoms with van der Waals surface area (Å²) in [4.78, 5) is 6.87. The maximum atomic E-state index is 13.4. The van der Waals surface area contributed by atoms with Gasteiger partial charge in [-0.2, -0.15) is 13.2 Å². The largest absolute Gasteiger partial charge is 0.401 e. The van der Waals surface area contributed by atoms with E-state index in [0.717, 1.165) is 61.7 Å². The molecule has 3 aliphatic heterocycles. The van der Waals surface area contributed by atoms with E-state index in [9.17, 15) is 22.0 Å². The molecule has 4 nitrogen and oxygen atoms in total. The van der Waals surface area contributed by atoms with Crippen LogP contribution in [0.25, 0.3) is 10.9 Å². The molecular formula is C30H37F5N4. The van der Waals surface area contributed by atoms with Gasteiger partial charge in [-0.3, -0.25) is 4.90 Å². The van der Waals surface area contributed by atoms with Crippen molar-refractivity contribution in [3.8, 4) is 0 Å². The molecule has 6 rings (SSSR count). The molecule has 2 aromatic carbocycles. The number of para-hydroxylation sites is 1. The lowest BCUT2D eigenvalue weighted by molar-refractivity contribution is -0.152. The number of aromatic amines is 1. The molecule has 9 heteroatoms. The first-order chi connectivity index (χ1) is 18.6. The van der Waals surface area contributed by atoms with E-state index >= 15 is 0 Å². The number of rotatable bonds is 2. The number of H-pyrrole nitrogens is 1. The smallest absolute Gasteiger partial charge is 0.371 e. The van der Waals surface area contributed by atoms with E-state index in [1.54, 1.807) is 0 Å². The maximum Gasteiger partial charge on any atom is 0.401 e. The Labute approximate surface area is 226 Å². The van der Waals surface area contributed by atoms with Crippen LogP contribution in [0.1, 0.15) is 50.3 Å². The number of hydrogen-bond donors (Lipinski definition) is 2. The number of hydrogen-bond acceptors (Lipinski definition) is 3. The normalized spacial score (nSPS) is 21.8. The summed E-state index contributed by atoms with van der Waals surface area (Å²) in [5.74, 6) is -0.971. The summed E-state index contributed by atoms with van der Waals surface area (Å²) in [5.41, 5.74) is 4.23. The molecular weight excluding hydrogens is 511 g/mol. The summed E-state index contributed by atoms with van der Waals surface area (Å²) < 4.78 is 64.3. The highest BCUT2D eigenvalue weighted by Crippen LogP contribution is 2.40. The number of nitrogens with one attached hydrogen (secondary N) is 2. The number of nitrogens with zero attached hydrogens (tertiary/aromatic N) is 2. The van der Waals surface area contributed by atoms with Crippen molar-refractivity contribution in [3.05, 3.63) is 65.4 Å². The average Bonchev–Trinajstić information content (AvgIpc) is 3.10. The second kappa shape index (κ2) is 11.5. The van der Waals surface area contributed by atoms with Crippen molar-refractivity contribution < 1.29 is 22.0 Å². The van der Waals surface area contributed by atoms with Gasteiger partial charge in [-0.1, -0.05) is 18.2 Å². The van der Waals surface area contributed by atoms with Gasteiger partial charge in [-0.05, 0) is 87.7 Å². The van der Waals surface area contributed by atoms with Gasteiger partial charge in [-0.25, -0.2) is 8.78 Å². The first-order valence-corrected chi connectivity index (χ1v) is 13.9. The summed E-state index contributed by atoms with van der Waals surface area (Å²) in [6, 6.07) is 11.6. The highest BCUT2D eigenvalue weighted by Gasteiger charge is 2.36. The Morgan fingerprint density at radius 1 is 0.949 bits per heavy atom. The molecule has 0 saturated carbocycles. The van der Waals surface area contributed by atoms with Crippen LogP contribution in [0.3, 0.4) is 0 Å². The van der Waals surface area contributed by atoms with Crippen molar-refractivity contribution in [2.75, 3.05) is 37.6 Å². The molecule has 1 aromatic heterocycles. The van der Waals surface area contributed by atoms with E-state index in [4.69, 9.17) is 0 Å². The lowest BCUT2D eigenvalue weighted by Crippen LogP contribution is -2.43. The molecule has 2 N–H and O–H groups in total. The SMILES string of the molecule is CC1Cc2c([nH]c3ccccc23)CN1CC(F)(F)F.Fc1cc(F)cc(N2CCCC3(CCNCC3)CC2)c1. The van der Waals surface area contributed by atoms with Crippen molar-refractivity contribution in [1.29, 1.82) is 0 Å². The van der Waals surface area contributed by atoms with Gasteiger partial charge in [-0.15, -0.1) is 0 Å². The molecule has 2 fully saturated rings. The van der Waals surface area contributed by atoms with E-state index in [1.165, 1.54) is 41.9 Å². The molecule has 3 aromatic rings. The standard InChI is InChI=1S/C16H22F2N2.C14H15F3N2/c17-13-10-14(18)12-15(11-13)20-8-1-2-16(5-9-20)3-6-19-7-4-16;1-9-6-11-10-4-2-3-5-12(10)18-13(11)7-19(9)8-14(15,16)17/h10-12,19H,1-9H2;2-5,9,18H,6-8H2,1H3. The zero-order chi connectivity index (χ0) is 27.6. The quantitative estimate of drug-likeness (QED) is 0.346. The van der Waals surface area contributed by atoms with Gasteiger partial charge in [0.1, 0.15) is 11.6 Å². The second-order valence-electron chi connectivity index (χ2n) is 11.4. The van der Waals surface area contributed by atoms with Gasteiger partial charge in [0, 0.05) is 54.0 Å². The van der Waals surface area contributed by atoms with Gasteiger partial charge < -0.3 is 15.2 Å². The Balaban J connectivity index is 0.000000158. The third-order valence-electron chi connectivity index (χ3n) is 8.69. The summed E-state index contributed by atoms with van der Waals surface area (Å²) in [5, 5.41) is 4.56. The zero-order valence-electron chi connectivity index (χ0n) is 22.4. The van der Waals surface area contributed by atoms with Crippen LogP contribution in [0, 0.1) is 17.0 Å². The molecule has 39 heavy (non-hydrogen) atoms. The van der Waals surface area contributed by atoms with Crippen molar-refractivity contribution in [2.45, 2.75) is 64.2 Å². The summed E-state index contributed by atoms with van der Waals surface area (Å²) in [6.45, 7) is 5.37. The average molecular weight is 549 g/mol. The predicted octanol–water partition coefficient (Wildman–Crippen LogP) is 6.80. The van der Waals surface area contributed by atoms with Gasteiger partial charge >= 0.3 is 6.18 Å². The molecule has 1 unspecified atom stereocenters. The topological polar surface area (TPSA) is 34.3 Å². The highest BCUT2D eigenvalue weighted by molar-refractivity contribution is 5.84. The maximum absolute atomic E-state index is 13.4. The molecule has 1 atom stereocenters. The van der Waals surface area contributed by atoms with Crippen molar-refractivity contribution >= 4 is 16.6 Å². The number of alkyl halides is 3. The Hall–Kier alpha value is -2.65. The first kappa shape index (κ1) is 27.9. The number of aromatic nitrogens is 1. The van der Waals surface area contributed by atoms with E-state index < -0.39 is 24.4 Å². The predicted molar refractivity (Wildman–Crippen MR) is 145 cm³/mol. The number of fused-ring (bicyclic) bond motifs is 3. The Morgan fingerprint density at radius 2 is 1.67 bits per heavy atom. The van der Waals surface area contributed by atoms with Gasteiger partial charge in [0.25, 0.3) is 0 Å². The van der Waals surface area contributed by atoms with Crippen LogP contribution < -0.4 is 10.2 Å². The van der Waals surface area contributed by atoms with Crippen LogP contribution in [0.2, 0.25) is 0 Å². The number of benzene rings is 2. The Bertz CT molecular complexity index is 1240. The lowest BCUT2D eigenvalue weighted by atomic mass is 9.73. The van der Waals surface area contributed by atoms with Gasteiger partial charge in [0.2, 0.25) is 0 Å². The minimum absolute atomic E-state index is 0.0895. The van der Waals surface area contributed by atoms with Crippen molar-refractivity contribution in [3.63, 3.8) is 0 Å². The molecule has 4 heterocycles. The molecule has 0 radical (unpaired) electrons. The fraction of sp³-hybridized carbons (Fsp3) is 0.533. The van der Waals surface area contributed by atoms with E-state index in [-0.39, 0.29) is 6.04 Å². The van der Waals surface area contributed by atoms with Crippen LogP contribution in [0.4, 0.5) is 27.6 Å². The molecule has 1 spiro atoms. The molecule has 3 aliphatic rings. The molecule has 2 saturated heterocycles. The third kappa shape index (κ3) is 6.74. The van der Waals surface area contributed by atoms with Gasteiger partial charge in [0.05, 0.1) is 6.54 Å². The van der Waals surface area contributed by atoms with Crippen LogP contribution in [-0.2, 0) is 13.0 Å². The number of anilines is 1. The van der Waals surface area contributed by atoms with Crippen LogP contribution >= 0.6 is 0 Å². The monoisotopic (exact) mass is 548 g/mol. The fourth-order valence-corrected chi connectivity index (χ4v) is 6.54. The molecule has 0 amide bonds. The molecule has 0 aliphatic carbocycles. The number of piperidine rings is 1. The van der Waals surface area contributed by atoms with Crippen LogP contribution in [0.5, 0.6) is 0 Å². The van der Waals surface area contributed by atoms with Crippen LogP contribution in [0.15, 0.2) is 42.5 Å². The summed E-state index contributed by atoms with van der Waals surface area (Å²) >= 11 is 0. The van der Waals surface area contributed by atoms with E-state index in [2.05, 4.69) is 15.2 Å². The van der Waals surface area contributed by atoms with Crippen molar-refractivity contribution in [1.82, 2.24) is 15.2 Å². The second-order valence-corrected chi connectivity index (χ2v) is 11.4. The van der Waals surface area contributed by atoms with E-state index in [0.29, 0.717) is 24.1 Å². The Morgan fingerprint density at radius 3 is 2.38 bits per heavy atom. The highest BCUT2D eigenvalue weighted by atomic mass is 19.4. The molecule has 212 valence electrons. The van der Waals surface area contributed by atoms with Crippen molar-refractivity contribution in [2.24, 2.45) is 5.41 Å². The third-order valence-corrected chi connectivity index (χ3v) is 8.69. The number of halogens is 5. The summed E-state index contributed by atoms with van der Waals surface area (Å²) in [7, 11) is 0. The first-order valence-electron chi connectivity index (χ1n) is 13.9.